The van der Waals surface area contributed by atoms with Crippen molar-refractivity contribution in [2.75, 3.05) is 12.4 Å². The molecule has 1 aromatic rings. The van der Waals surface area contributed by atoms with E-state index in [0.717, 1.165) is 31.0 Å². The van der Waals surface area contributed by atoms with Gasteiger partial charge in [-0.05, 0) is 49.6 Å². The molecule has 0 aliphatic heterocycles. The Balaban J connectivity index is 2.75. The molecule has 1 aromatic carbocycles. The van der Waals surface area contributed by atoms with Gasteiger partial charge in [0, 0.05) is 5.41 Å². The van der Waals surface area contributed by atoms with Gasteiger partial charge < -0.3 is 4.74 Å². The van der Waals surface area contributed by atoms with Crippen molar-refractivity contribution in [2.24, 2.45) is 5.41 Å². The van der Waals surface area contributed by atoms with E-state index in [2.05, 4.69) is 58.5 Å². The molecule has 2 heteroatoms. The van der Waals surface area contributed by atoms with Crippen molar-refractivity contribution in [3.05, 3.63) is 29.3 Å². The van der Waals surface area contributed by atoms with E-state index in [1.54, 1.807) is 0 Å². The monoisotopic (exact) mass is 252 g/mol. The molecular formula is C15H24OS. The molecule has 0 radical (unpaired) electrons. The third-order valence-corrected chi connectivity index (χ3v) is 4.60. The van der Waals surface area contributed by atoms with Gasteiger partial charge in [0.15, 0.2) is 0 Å². The van der Waals surface area contributed by atoms with Crippen LogP contribution in [0.5, 0.6) is 5.75 Å². The highest BCUT2D eigenvalue weighted by atomic mass is 32.1. The second-order valence-electron chi connectivity index (χ2n) is 4.85. The van der Waals surface area contributed by atoms with Gasteiger partial charge in [-0.15, -0.1) is 0 Å². The Morgan fingerprint density at radius 1 is 1.18 bits per heavy atom. The van der Waals surface area contributed by atoms with Gasteiger partial charge in [0.05, 0.1) is 6.61 Å². The molecule has 0 amide bonds. The van der Waals surface area contributed by atoms with E-state index in [4.69, 9.17) is 4.74 Å². The predicted molar refractivity (Wildman–Crippen MR) is 78.3 cm³/mol. The summed E-state index contributed by atoms with van der Waals surface area (Å²) in [5.74, 6) is 1.89. The van der Waals surface area contributed by atoms with Crippen LogP contribution in [-0.2, 0) is 0 Å². The van der Waals surface area contributed by atoms with E-state index in [0.29, 0.717) is 0 Å². The molecule has 0 aliphatic carbocycles. The molecule has 0 saturated heterocycles. The second kappa shape index (κ2) is 6.34. The summed E-state index contributed by atoms with van der Waals surface area (Å²) >= 11 is 4.47. The molecule has 0 atom stereocenters. The van der Waals surface area contributed by atoms with E-state index in [-0.39, 0.29) is 5.41 Å². The van der Waals surface area contributed by atoms with Crippen LogP contribution >= 0.6 is 12.6 Å². The summed E-state index contributed by atoms with van der Waals surface area (Å²) in [5.41, 5.74) is 2.74. The first-order chi connectivity index (χ1) is 8.08. The molecule has 17 heavy (non-hydrogen) atoms. The highest BCUT2D eigenvalue weighted by molar-refractivity contribution is 7.80. The summed E-state index contributed by atoms with van der Waals surface area (Å²) in [7, 11) is 0. The van der Waals surface area contributed by atoms with Crippen molar-refractivity contribution < 1.29 is 4.74 Å². The quantitative estimate of drug-likeness (QED) is 0.737. The average molecular weight is 252 g/mol. The summed E-state index contributed by atoms with van der Waals surface area (Å²) < 4.78 is 6.01. The first kappa shape index (κ1) is 14.4. The lowest BCUT2D eigenvalue weighted by Gasteiger charge is -2.30. The van der Waals surface area contributed by atoms with E-state index in [9.17, 15) is 0 Å². The third kappa shape index (κ3) is 3.41. The topological polar surface area (TPSA) is 9.23 Å². The molecule has 1 rings (SSSR count). The van der Waals surface area contributed by atoms with Gasteiger partial charge in [-0.2, -0.15) is 12.6 Å². The Morgan fingerprint density at radius 2 is 1.82 bits per heavy atom. The predicted octanol–water partition coefficient (Wildman–Crippen LogP) is 4.42. The van der Waals surface area contributed by atoms with Gasteiger partial charge in [0.1, 0.15) is 5.75 Å². The van der Waals surface area contributed by atoms with Gasteiger partial charge >= 0.3 is 0 Å². The molecule has 0 spiro atoms. The lowest BCUT2D eigenvalue weighted by molar-refractivity contribution is 0.156. The number of hydrogen-bond donors (Lipinski definition) is 1. The van der Waals surface area contributed by atoms with Crippen LogP contribution in [0.3, 0.4) is 0 Å². The third-order valence-electron chi connectivity index (χ3n) is 3.92. The van der Waals surface area contributed by atoms with Crippen LogP contribution in [0.25, 0.3) is 0 Å². The van der Waals surface area contributed by atoms with Crippen molar-refractivity contribution in [3.63, 3.8) is 0 Å². The molecule has 0 heterocycles. The zero-order valence-corrected chi connectivity index (χ0v) is 12.3. The van der Waals surface area contributed by atoms with E-state index < -0.39 is 0 Å². The Kier molecular flexibility index (Phi) is 5.38. The largest absolute Gasteiger partial charge is 0.493 e. The zero-order chi connectivity index (χ0) is 12.9. The molecule has 0 bridgehead atoms. The molecule has 0 N–H and O–H groups in total. The van der Waals surface area contributed by atoms with Crippen LogP contribution in [0.15, 0.2) is 18.2 Å². The Labute approximate surface area is 111 Å². The maximum Gasteiger partial charge on any atom is 0.122 e. The lowest BCUT2D eigenvalue weighted by Crippen LogP contribution is -2.29. The first-order valence-electron chi connectivity index (χ1n) is 6.38. The summed E-state index contributed by atoms with van der Waals surface area (Å²) in [5, 5.41) is 0. The molecule has 1 nitrogen and oxygen atoms in total. The van der Waals surface area contributed by atoms with E-state index in [1.165, 1.54) is 11.1 Å². The molecular weight excluding hydrogens is 228 g/mol. The summed E-state index contributed by atoms with van der Waals surface area (Å²) in [6.45, 7) is 9.42. The maximum atomic E-state index is 6.01. The van der Waals surface area contributed by atoms with Crippen LogP contribution in [-0.4, -0.2) is 12.4 Å². The molecule has 0 aromatic heterocycles. The Bertz CT molecular complexity index is 348. The number of rotatable bonds is 6. The summed E-state index contributed by atoms with van der Waals surface area (Å²) in [6.07, 6.45) is 2.22. The first-order valence-corrected chi connectivity index (χ1v) is 7.01. The minimum Gasteiger partial charge on any atom is -0.493 e. The van der Waals surface area contributed by atoms with Crippen molar-refractivity contribution >= 4 is 12.6 Å². The Morgan fingerprint density at radius 3 is 2.35 bits per heavy atom. The van der Waals surface area contributed by atoms with Crippen LogP contribution in [0.4, 0.5) is 0 Å². The second-order valence-corrected chi connectivity index (χ2v) is 5.17. The highest BCUT2D eigenvalue weighted by Gasteiger charge is 2.25. The number of ether oxygens (including phenoxy) is 1. The fraction of sp³-hybridized carbons (Fsp3) is 0.600. The van der Waals surface area contributed by atoms with Crippen molar-refractivity contribution in [3.8, 4) is 5.75 Å². The van der Waals surface area contributed by atoms with Crippen molar-refractivity contribution in [1.82, 2.24) is 0 Å². The fourth-order valence-electron chi connectivity index (χ4n) is 1.83. The van der Waals surface area contributed by atoms with Crippen LogP contribution < -0.4 is 4.74 Å². The van der Waals surface area contributed by atoms with E-state index >= 15 is 0 Å². The SMILES string of the molecule is CCC(CC)(CS)COc1cccc(C)c1C. The fourth-order valence-corrected chi connectivity index (χ4v) is 2.37. The van der Waals surface area contributed by atoms with Gasteiger partial charge in [-0.3, -0.25) is 0 Å². The molecule has 0 fully saturated rings. The molecule has 96 valence electrons. The molecule has 0 saturated carbocycles. The van der Waals surface area contributed by atoms with Gasteiger partial charge in [-0.1, -0.05) is 26.0 Å². The smallest absolute Gasteiger partial charge is 0.122 e. The zero-order valence-electron chi connectivity index (χ0n) is 11.4. The highest BCUT2D eigenvalue weighted by Crippen LogP contribution is 2.30. The van der Waals surface area contributed by atoms with Crippen LogP contribution in [0.2, 0.25) is 0 Å². The summed E-state index contributed by atoms with van der Waals surface area (Å²) in [4.78, 5) is 0. The lowest BCUT2D eigenvalue weighted by atomic mass is 9.85. The minimum atomic E-state index is 0.208. The maximum absolute atomic E-state index is 6.01. The molecule has 0 aliphatic rings. The number of thiol groups is 1. The minimum absolute atomic E-state index is 0.208. The normalized spacial score (nSPS) is 11.6. The number of hydrogen-bond acceptors (Lipinski definition) is 2. The van der Waals surface area contributed by atoms with Gasteiger partial charge in [0.25, 0.3) is 0 Å². The molecule has 0 unspecified atom stereocenters. The Hall–Kier alpha value is -0.630. The number of aryl methyl sites for hydroxylation is 1. The van der Waals surface area contributed by atoms with Crippen molar-refractivity contribution in [1.29, 1.82) is 0 Å². The standard InChI is InChI=1S/C15H24OS/c1-5-15(6-2,11-17)10-16-14-9-7-8-12(3)13(14)4/h7-9,17H,5-6,10-11H2,1-4H3. The van der Waals surface area contributed by atoms with E-state index in [1.807, 2.05) is 0 Å². The van der Waals surface area contributed by atoms with Gasteiger partial charge in [-0.25, -0.2) is 0 Å². The van der Waals surface area contributed by atoms with Gasteiger partial charge in [0.2, 0.25) is 0 Å². The van der Waals surface area contributed by atoms with Crippen LogP contribution in [0, 0.1) is 19.3 Å². The van der Waals surface area contributed by atoms with Crippen molar-refractivity contribution in [2.45, 2.75) is 40.5 Å². The number of benzene rings is 1. The average Bonchev–Trinajstić information content (AvgIpc) is 2.36. The van der Waals surface area contributed by atoms with Crippen LogP contribution in [0.1, 0.15) is 37.8 Å². The summed E-state index contributed by atoms with van der Waals surface area (Å²) in [6, 6.07) is 6.22.